The van der Waals surface area contributed by atoms with Gasteiger partial charge in [0.25, 0.3) is 0 Å². The van der Waals surface area contributed by atoms with Crippen LogP contribution in [0, 0.1) is 24.7 Å². The van der Waals surface area contributed by atoms with Crippen molar-refractivity contribution in [1.29, 1.82) is 0 Å². The minimum atomic E-state index is 0.201. The van der Waals surface area contributed by atoms with Gasteiger partial charge in [-0.05, 0) is 105 Å². The van der Waals surface area contributed by atoms with E-state index in [0.29, 0.717) is 0 Å². The van der Waals surface area contributed by atoms with E-state index >= 15 is 0 Å². The lowest BCUT2D eigenvalue weighted by atomic mass is 9.53. The zero-order valence-electron chi connectivity index (χ0n) is 30.0. The van der Waals surface area contributed by atoms with Crippen LogP contribution in [0.3, 0.4) is 0 Å². The fourth-order valence-corrected chi connectivity index (χ4v) is 8.82. The average Bonchev–Trinajstić information content (AvgIpc) is 3.48. The van der Waals surface area contributed by atoms with Crippen LogP contribution >= 0.6 is 11.3 Å². The maximum atomic E-state index is 4.85. The van der Waals surface area contributed by atoms with Gasteiger partial charge in [-0.15, -0.1) is 11.3 Å². The van der Waals surface area contributed by atoms with Crippen molar-refractivity contribution in [2.75, 3.05) is 4.90 Å². The summed E-state index contributed by atoms with van der Waals surface area (Å²) in [5.41, 5.74) is 13.1. The number of thiophene rings is 1. The van der Waals surface area contributed by atoms with Crippen LogP contribution < -0.4 is 10.4 Å². The largest absolute Gasteiger partial charge is 0.309 e. The van der Waals surface area contributed by atoms with Crippen LogP contribution in [-0.4, -0.2) is 7.28 Å². The first kappa shape index (κ1) is 31.9. The van der Waals surface area contributed by atoms with E-state index in [4.69, 9.17) is 6.58 Å². The predicted molar refractivity (Wildman–Crippen MR) is 219 cm³/mol. The summed E-state index contributed by atoms with van der Waals surface area (Å²) in [6, 6.07) is 29.6. The first-order valence-corrected chi connectivity index (χ1v) is 18.6. The molecule has 6 aromatic rings. The molecular weight excluding hydrogens is 609 g/mol. The third-order valence-electron chi connectivity index (χ3n) is 11.8. The van der Waals surface area contributed by atoms with Crippen molar-refractivity contribution in [2.24, 2.45) is 10.8 Å². The highest BCUT2D eigenvalue weighted by Gasteiger charge is 2.33. The molecule has 1 nitrogen and oxygen atoms in total. The molecule has 0 amide bonds. The van der Waals surface area contributed by atoms with Crippen molar-refractivity contribution in [3.05, 3.63) is 130 Å². The molecule has 0 unspecified atom stereocenters. The van der Waals surface area contributed by atoms with Crippen LogP contribution in [0.5, 0.6) is 0 Å². The number of benzene rings is 5. The molecule has 1 aliphatic carbocycles. The second-order valence-electron chi connectivity index (χ2n) is 15.8. The Morgan fingerprint density at radius 1 is 0.837 bits per heavy atom. The Bertz CT molecular complexity index is 2380. The maximum Gasteiger partial charge on any atom is 0.152 e. The van der Waals surface area contributed by atoms with Gasteiger partial charge in [0.2, 0.25) is 0 Å². The van der Waals surface area contributed by atoms with E-state index in [2.05, 4.69) is 158 Å². The van der Waals surface area contributed by atoms with E-state index in [9.17, 15) is 0 Å². The van der Waals surface area contributed by atoms with Crippen LogP contribution in [0.2, 0.25) is 6.32 Å². The van der Waals surface area contributed by atoms with Crippen molar-refractivity contribution < 1.29 is 0 Å². The second-order valence-corrected chi connectivity index (χ2v) is 16.9. The molecule has 1 aliphatic heterocycles. The normalized spacial score (nSPS) is 14.8. The summed E-state index contributed by atoms with van der Waals surface area (Å²) < 4.78 is 1.30. The molecule has 8 rings (SSSR count). The number of nitrogens with zero attached hydrogens (tertiary/aromatic N) is 1. The number of rotatable bonds is 5. The quantitative estimate of drug-likeness (QED) is 0.167. The van der Waals surface area contributed by atoms with Gasteiger partial charge in [0.15, 0.2) is 7.28 Å². The first-order valence-electron chi connectivity index (χ1n) is 17.7. The van der Waals surface area contributed by atoms with Gasteiger partial charge in [-0.25, -0.2) is 0 Å². The van der Waals surface area contributed by atoms with Gasteiger partial charge >= 0.3 is 0 Å². The minimum absolute atomic E-state index is 0.201. The summed E-state index contributed by atoms with van der Waals surface area (Å²) in [5, 5.41) is 6.57. The molecule has 243 valence electrons. The molecular formula is C46H45BNS. The highest BCUT2D eigenvalue weighted by atomic mass is 32.1. The highest BCUT2D eigenvalue weighted by Crippen LogP contribution is 2.50. The molecule has 49 heavy (non-hydrogen) atoms. The van der Waals surface area contributed by atoms with E-state index in [1.165, 1.54) is 86.7 Å². The Morgan fingerprint density at radius 3 is 2.39 bits per heavy atom. The third kappa shape index (κ3) is 5.21. The predicted octanol–water partition coefficient (Wildman–Crippen LogP) is 12.6. The van der Waals surface area contributed by atoms with Crippen molar-refractivity contribution in [3.63, 3.8) is 0 Å². The smallest absolute Gasteiger partial charge is 0.152 e. The Morgan fingerprint density at radius 2 is 1.61 bits per heavy atom. The maximum absolute atomic E-state index is 4.85. The monoisotopic (exact) mass is 654 g/mol. The van der Waals surface area contributed by atoms with E-state index in [0.717, 1.165) is 24.9 Å². The van der Waals surface area contributed by atoms with Gasteiger partial charge in [0, 0.05) is 21.3 Å². The van der Waals surface area contributed by atoms with E-state index in [1.807, 2.05) is 11.3 Å². The molecule has 2 heterocycles. The van der Waals surface area contributed by atoms with Gasteiger partial charge in [0.1, 0.15) is 0 Å². The number of aryl methyl sites for hydroxylation is 2. The lowest BCUT2D eigenvalue weighted by Gasteiger charge is -2.39. The molecule has 3 heteroatoms. The third-order valence-corrected chi connectivity index (χ3v) is 13.0. The molecule has 0 saturated heterocycles. The molecule has 0 fully saturated rings. The highest BCUT2D eigenvalue weighted by molar-refractivity contribution is 7.20. The zero-order valence-corrected chi connectivity index (χ0v) is 30.8. The second kappa shape index (κ2) is 11.6. The van der Waals surface area contributed by atoms with E-state index in [1.54, 1.807) is 0 Å². The van der Waals surface area contributed by atoms with Crippen LogP contribution in [0.1, 0.15) is 79.3 Å². The van der Waals surface area contributed by atoms with Crippen LogP contribution in [0.15, 0.2) is 91.5 Å². The molecule has 1 radical (unpaired) electrons. The summed E-state index contributed by atoms with van der Waals surface area (Å²) in [6.45, 7) is 21.2. The van der Waals surface area contributed by atoms with Gasteiger partial charge in [-0.1, -0.05) is 132 Å². The average molecular weight is 655 g/mol. The molecule has 0 N–H and O–H groups in total. The number of hydrogen-bond acceptors (Lipinski definition) is 2. The van der Waals surface area contributed by atoms with E-state index in [-0.39, 0.29) is 10.8 Å². The lowest BCUT2D eigenvalue weighted by molar-refractivity contribution is 0.157. The summed E-state index contributed by atoms with van der Waals surface area (Å²) in [5.74, 6) is 0. The number of hydrogen-bond donors (Lipinski definition) is 0. The van der Waals surface area contributed by atoms with Gasteiger partial charge in [-0.3, -0.25) is 0 Å². The molecule has 5 aromatic carbocycles. The van der Waals surface area contributed by atoms with Crippen molar-refractivity contribution >= 4 is 84.9 Å². The molecule has 0 atom stereocenters. The Hall–Kier alpha value is -4.34. The van der Waals surface area contributed by atoms with Crippen molar-refractivity contribution in [3.8, 4) is 0 Å². The summed E-state index contributed by atoms with van der Waals surface area (Å²) in [6.07, 6.45) is 10.4. The zero-order chi connectivity index (χ0) is 34.2. The van der Waals surface area contributed by atoms with Gasteiger partial charge < -0.3 is 4.90 Å². The molecule has 0 saturated carbocycles. The van der Waals surface area contributed by atoms with Gasteiger partial charge in [-0.2, -0.15) is 0 Å². The number of anilines is 1. The molecule has 0 bridgehead atoms. The van der Waals surface area contributed by atoms with Crippen molar-refractivity contribution in [2.45, 2.75) is 67.6 Å². The summed E-state index contributed by atoms with van der Waals surface area (Å²) in [7, 11) is 2.41. The summed E-state index contributed by atoms with van der Waals surface area (Å²) in [4.78, 5) is 3.68. The molecule has 2 aliphatic rings. The lowest BCUT2D eigenvalue weighted by Crippen LogP contribution is -2.33. The fraction of sp³-hybridized carbons (Fsp3) is 0.261. The standard InChI is InChI=1S/C46H45BNS/c1-28-25-38-29(2)40(23-22-37(38)36-16-12-11-14-34(28)36)48-30(3)44-39(43-35-15-10-9-13-31(35)19-24-42(43)49-44)26-41(48)32-17-20-33(21-18-32)47-27-46(7,8)45(4,5)6/h9-10,12-13,15-26H,3,11,14,27H2,1-2,4-8H3. The molecule has 1 aromatic heterocycles. The van der Waals surface area contributed by atoms with Gasteiger partial charge in [0.05, 0.1) is 16.3 Å². The van der Waals surface area contributed by atoms with Crippen LogP contribution in [0.25, 0.3) is 55.2 Å². The molecule has 0 spiro atoms. The Labute approximate surface area is 296 Å². The number of fused-ring (bicyclic) bond motifs is 8. The Balaban J connectivity index is 1.29. The fourth-order valence-electron chi connectivity index (χ4n) is 7.66. The first-order chi connectivity index (χ1) is 23.4. The van der Waals surface area contributed by atoms with E-state index < -0.39 is 0 Å². The topological polar surface area (TPSA) is 3.24 Å². The van der Waals surface area contributed by atoms with Crippen LogP contribution in [-0.2, 0) is 6.42 Å². The number of allylic oxidation sites excluding steroid dienone is 1. The minimum Gasteiger partial charge on any atom is -0.309 e. The summed E-state index contributed by atoms with van der Waals surface area (Å²) >= 11 is 1.86. The van der Waals surface area contributed by atoms with Crippen molar-refractivity contribution in [1.82, 2.24) is 0 Å². The Kier molecular flexibility index (Phi) is 7.57. The van der Waals surface area contributed by atoms with Crippen LogP contribution in [0.4, 0.5) is 5.69 Å². The SMILES string of the molecule is C=C1c2sc3ccc4ccccc4c3c2C=C(c2ccc([B]CC(C)(C)C(C)(C)C)cc2)N1c1ccc2c3c(c(C)cc2c1C)CCC=C3.